The number of aromatic nitrogens is 2. The summed E-state index contributed by atoms with van der Waals surface area (Å²) in [6, 6.07) is 9.39. The summed E-state index contributed by atoms with van der Waals surface area (Å²) in [7, 11) is 1.80. The van der Waals surface area contributed by atoms with Crippen molar-refractivity contribution in [1.29, 1.82) is 0 Å². The van der Waals surface area contributed by atoms with Crippen molar-refractivity contribution < 1.29 is 23.8 Å². The number of likely N-dealkylation sites (tertiary alicyclic amines) is 1. The lowest BCUT2D eigenvalue weighted by molar-refractivity contribution is -0.132. The Morgan fingerprint density at radius 3 is 2.90 bits per heavy atom. The lowest BCUT2D eigenvalue weighted by Crippen LogP contribution is -2.42. The van der Waals surface area contributed by atoms with Gasteiger partial charge in [-0.2, -0.15) is 0 Å². The number of rotatable bonds is 10. The third-order valence-corrected chi connectivity index (χ3v) is 7.48. The van der Waals surface area contributed by atoms with Crippen LogP contribution in [-0.2, 0) is 24.4 Å². The highest BCUT2D eigenvalue weighted by molar-refractivity contribution is 5.94. The van der Waals surface area contributed by atoms with Crippen molar-refractivity contribution in [2.45, 2.75) is 51.5 Å². The smallest absolute Gasteiger partial charge is 0.251 e. The van der Waals surface area contributed by atoms with E-state index in [0.717, 1.165) is 43.1 Å². The number of oxazole rings is 1. The molecule has 2 aliphatic heterocycles. The highest BCUT2D eigenvalue weighted by Crippen LogP contribution is 2.25. The number of fused-ring (bicyclic) bond motifs is 1. The van der Waals surface area contributed by atoms with Crippen LogP contribution in [0.1, 0.15) is 45.8 Å². The number of aliphatic hydroxyl groups is 1. The van der Waals surface area contributed by atoms with Crippen molar-refractivity contribution in [3.63, 3.8) is 0 Å². The Morgan fingerprint density at radius 1 is 1.23 bits per heavy atom. The first kappa shape index (κ1) is 27.6. The van der Waals surface area contributed by atoms with Gasteiger partial charge in [-0.05, 0) is 55.2 Å². The number of amides is 2. The van der Waals surface area contributed by atoms with Crippen molar-refractivity contribution in [2.75, 3.05) is 38.5 Å². The molecule has 1 saturated heterocycles. The number of aryl methyl sites for hydroxylation is 1. The van der Waals surface area contributed by atoms with E-state index in [1.165, 1.54) is 17.5 Å². The average molecular weight is 549 g/mol. The van der Waals surface area contributed by atoms with E-state index in [-0.39, 0.29) is 24.4 Å². The molecule has 212 valence electrons. The summed E-state index contributed by atoms with van der Waals surface area (Å²) in [5.41, 5.74) is 3.71. The van der Waals surface area contributed by atoms with Crippen molar-refractivity contribution in [2.24, 2.45) is 0 Å². The predicted octanol–water partition coefficient (Wildman–Crippen LogP) is 2.14. The monoisotopic (exact) mass is 548 g/mol. The Bertz CT molecular complexity index is 1340. The van der Waals surface area contributed by atoms with Gasteiger partial charge in [0.1, 0.15) is 18.2 Å². The number of β-amino-alcohol motifs (C(OH)–C–C–N with tert-alkyl or cyclic N) is 1. The predicted molar refractivity (Wildman–Crippen MR) is 148 cm³/mol. The zero-order valence-electron chi connectivity index (χ0n) is 22.9. The number of nitrogens with one attached hydrogen (secondary N) is 2. The van der Waals surface area contributed by atoms with Crippen molar-refractivity contribution in [3.05, 3.63) is 71.1 Å². The lowest BCUT2D eigenvalue weighted by atomic mass is 9.99. The van der Waals surface area contributed by atoms with Gasteiger partial charge < -0.3 is 29.8 Å². The molecule has 5 rings (SSSR count). The van der Waals surface area contributed by atoms with Gasteiger partial charge in [0.05, 0.1) is 11.8 Å². The molecule has 0 saturated carbocycles. The maximum Gasteiger partial charge on any atom is 0.251 e. The summed E-state index contributed by atoms with van der Waals surface area (Å²) in [5, 5.41) is 16.7. The Kier molecular flexibility index (Phi) is 8.61. The number of hydrogen-bond donors (Lipinski definition) is 3. The lowest BCUT2D eigenvalue weighted by Gasteiger charge is -2.30. The largest absolute Gasteiger partial charge is 0.486 e. The van der Waals surface area contributed by atoms with Crippen molar-refractivity contribution in [1.82, 2.24) is 25.1 Å². The van der Waals surface area contributed by atoms with Gasteiger partial charge in [0.2, 0.25) is 5.91 Å². The minimum absolute atomic E-state index is 0.00586. The number of piperidine rings is 1. The Hall–Kier alpha value is -3.96. The Labute approximate surface area is 233 Å². The summed E-state index contributed by atoms with van der Waals surface area (Å²) in [6.45, 7) is 5.05. The number of carbonyl (C=O) groups is 2. The van der Waals surface area contributed by atoms with E-state index in [9.17, 15) is 14.7 Å². The molecule has 11 heteroatoms. The molecule has 3 aromatic rings. The van der Waals surface area contributed by atoms with Crippen LogP contribution in [-0.4, -0.2) is 82.1 Å². The van der Waals surface area contributed by atoms with Crippen LogP contribution in [0.25, 0.3) is 0 Å². The van der Waals surface area contributed by atoms with E-state index in [1.54, 1.807) is 30.3 Å². The highest BCUT2D eigenvalue weighted by atomic mass is 16.5. The Morgan fingerprint density at radius 2 is 2.10 bits per heavy atom. The SMILES string of the molecule is Cc1ncoc1COc1ccc2c(c1)CCN(CC(O)CNC(=O)c1ccnc(NC3CCN(C)C(=O)C3)c1)C2. The maximum absolute atomic E-state index is 12.8. The van der Waals surface area contributed by atoms with Crippen LogP contribution in [0.4, 0.5) is 5.82 Å². The summed E-state index contributed by atoms with van der Waals surface area (Å²) < 4.78 is 11.2. The maximum atomic E-state index is 12.8. The van der Waals surface area contributed by atoms with E-state index < -0.39 is 6.10 Å². The van der Waals surface area contributed by atoms with Crippen LogP contribution in [0.5, 0.6) is 5.75 Å². The third-order valence-electron chi connectivity index (χ3n) is 7.48. The quantitative estimate of drug-likeness (QED) is 0.348. The topological polar surface area (TPSA) is 133 Å². The molecule has 2 amide bonds. The van der Waals surface area contributed by atoms with Crippen LogP contribution in [0, 0.1) is 6.92 Å². The van der Waals surface area contributed by atoms with E-state index >= 15 is 0 Å². The normalized spacial score (nSPS) is 18.2. The summed E-state index contributed by atoms with van der Waals surface area (Å²) in [5.74, 6) is 1.89. The molecule has 2 aromatic heterocycles. The molecular formula is C29H36N6O5. The number of ether oxygens (including phenoxy) is 1. The van der Waals surface area contributed by atoms with Crippen LogP contribution in [0.15, 0.2) is 47.3 Å². The third kappa shape index (κ3) is 6.97. The molecule has 2 atom stereocenters. The second-order valence-corrected chi connectivity index (χ2v) is 10.5. The van der Waals surface area contributed by atoms with Gasteiger partial charge >= 0.3 is 0 Å². The van der Waals surface area contributed by atoms with Crippen LogP contribution in [0.2, 0.25) is 0 Å². The first-order chi connectivity index (χ1) is 19.3. The zero-order chi connectivity index (χ0) is 28.1. The van der Waals surface area contributed by atoms with Gasteiger partial charge in [-0.3, -0.25) is 14.5 Å². The minimum atomic E-state index is -0.706. The first-order valence-electron chi connectivity index (χ1n) is 13.6. The molecule has 2 unspecified atom stereocenters. The molecule has 11 nitrogen and oxygen atoms in total. The van der Waals surface area contributed by atoms with E-state index in [0.29, 0.717) is 37.5 Å². The first-order valence-corrected chi connectivity index (χ1v) is 13.6. The molecule has 3 N–H and O–H groups in total. The number of benzene rings is 1. The average Bonchev–Trinajstić information content (AvgIpc) is 3.37. The molecule has 2 aliphatic rings. The molecule has 0 radical (unpaired) electrons. The molecule has 4 heterocycles. The molecule has 40 heavy (non-hydrogen) atoms. The van der Waals surface area contributed by atoms with E-state index in [1.807, 2.05) is 13.0 Å². The molecule has 0 spiro atoms. The summed E-state index contributed by atoms with van der Waals surface area (Å²) >= 11 is 0. The molecule has 0 bridgehead atoms. The second-order valence-electron chi connectivity index (χ2n) is 10.5. The van der Waals surface area contributed by atoms with Gasteiger partial charge in [-0.1, -0.05) is 6.07 Å². The standard InChI is InChI=1S/C29H36N6O5/c1-19-26(40-18-32-19)17-39-25-4-3-22-15-35(10-6-20(22)11-25)16-24(36)14-31-29(38)21-5-8-30-27(12-21)33-23-7-9-34(2)28(37)13-23/h3-5,8,11-12,18,23-24,36H,6-7,9-10,13-17H2,1-2H3,(H,30,33)(H,31,38). The van der Waals surface area contributed by atoms with Crippen LogP contribution in [0.3, 0.4) is 0 Å². The number of carbonyl (C=O) groups excluding carboxylic acids is 2. The van der Waals surface area contributed by atoms with Crippen molar-refractivity contribution in [3.8, 4) is 5.75 Å². The van der Waals surface area contributed by atoms with E-state index in [4.69, 9.17) is 9.15 Å². The Balaban J connectivity index is 1.07. The fourth-order valence-electron chi connectivity index (χ4n) is 5.05. The van der Waals surface area contributed by atoms with Gasteiger partial charge in [0.15, 0.2) is 12.2 Å². The molecule has 0 aliphatic carbocycles. The number of nitrogens with zero attached hydrogens (tertiary/aromatic N) is 4. The zero-order valence-corrected chi connectivity index (χ0v) is 22.9. The number of anilines is 1. The second kappa shape index (κ2) is 12.5. The minimum Gasteiger partial charge on any atom is -0.486 e. The molecule has 1 aromatic carbocycles. The number of pyridine rings is 1. The molecular weight excluding hydrogens is 512 g/mol. The highest BCUT2D eigenvalue weighted by Gasteiger charge is 2.24. The van der Waals surface area contributed by atoms with Gasteiger partial charge in [0, 0.05) is 64.0 Å². The number of aliphatic hydroxyl groups excluding tert-OH is 1. The fraction of sp³-hybridized carbons (Fsp3) is 0.448. The summed E-state index contributed by atoms with van der Waals surface area (Å²) in [6.07, 6.45) is 4.36. The summed E-state index contributed by atoms with van der Waals surface area (Å²) in [4.78, 5) is 37.0. The van der Waals surface area contributed by atoms with Crippen LogP contribution < -0.4 is 15.4 Å². The van der Waals surface area contributed by atoms with Crippen LogP contribution >= 0.6 is 0 Å². The van der Waals surface area contributed by atoms with Gasteiger partial charge in [-0.25, -0.2) is 9.97 Å². The van der Waals surface area contributed by atoms with Gasteiger partial charge in [0.25, 0.3) is 5.91 Å². The van der Waals surface area contributed by atoms with E-state index in [2.05, 4.69) is 37.6 Å². The molecule has 1 fully saturated rings. The van der Waals surface area contributed by atoms with Crippen molar-refractivity contribution >= 4 is 17.6 Å². The number of hydrogen-bond acceptors (Lipinski definition) is 9. The fourth-order valence-corrected chi connectivity index (χ4v) is 5.05. The van der Waals surface area contributed by atoms with Gasteiger partial charge in [-0.15, -0.1) is 0 Å².